The van der Waals surface area contributed by atoms with E-state index in [0.29, 0.717) is 17.7 Å². The molecular formula is C21H30N6O. The Morgan fingerprint density at radius 1 is 1.18 bits per heavy atom. The fraction of sp³-hybridized carbons (Fsp3) is 0.619. The molecule has 2 bridgehead atoms. The molecule has 28 heavy (non-hydrogen) atoms. The number of aromatic amines is 1. The Morgan fingerprint density at radius 2 is 2.00 bits per heavy atom. The molecule has 1 aromatic carbocycles. The lowest BCUT2D eigenvalue weighted by Crippen LogP contribution is -2.57. The van der Waals surface area contributed by atoms with Crippen molar-refractivity contribution in [1.82, 2.24) is 25.3 Å². The molecule has 6 rings (SSSR count). The highest BCUT2D eigenvalue weighted by Gasteiger charge is 2.35. The molecule has 0 aliphatic carbocycles. The lowest BCUT2D eigenvalue weighted by molar-refractivity contribution is 0.0618. The van der Waals surface area contributed by atoms with Crippen LogP contribution in [-0.2, 0) is 0 Å². The highest BCUT2D eigenvalue weighted by molar-refractivity contribution is 6.05. The first-order valence-corrected chi connectivity index (χ1v) is 10.5. The van der Waals surface area contributed by atoms with Crippen molar-refractivity contribution in [3.8, 4) is 0 Å². The molecule has 5 heterocycles. The molecule has 4 saturated heterocycles. The number of piperidine rings is 3. The zero-order chi connectivity index (χ0) is 19.3. The number of likely N-dealkylation sites (N-methyl/N-ethyl adjacent to an activating group) is 1. The van der Waals surface area contributed by atoms with E-state index in [9.17, 15) is 4.79 Å². The van der Waals surface area contributed by atoms with Crippen LogP contribution in [0, 0.1) is 5.92 Å². The number of amides is 1. The predicted octanol–water partition coefficient (Wildman–Crippen LogP) is 1.53. The Kier molecular flexibility index (Phi) is 4.51. The lowest BCUT2D eigenvalue weighted by atomic mass is 9.84. The number of aromatic nitrogens is 2. The molecule has 7 nitrogen and oxygen atoms in total. The number of hydrogen-bond acceptors (Lipinski definition) is 5. The van der Waals surface area contributed by atoms with E-state index in [-0.39, 0.29) is 11.9 Å². The summed E-state index contributed by atoms with van der Waals surface area (Å²) in [4.78, 5) is 20.1. The van der Waals surface area contributed by atoms with E-state index in [1.165, 1.54) is 38.0 Å². The quantitative estimate of drug-likeness (QED) is 0.839. The van der Waals surface area contributed by atoms with Crippen LogP contribution in [0.5, 0.6) is 0 Å². The number of H-pyrrole nitrogens is 1. The largest absolute Gasteiger partial charge is 0.370 e. The summed E-state index contributed by atoms with van der Waals surface area (Å²) in [6.45, 7) is 5.44. The van der Waals surface area contributed by atoms with Gasteiger partial charge in [0.15, 0.2) is 5.69 Å². The van der Waals surface area contributed by atoms with Crippen LogP contribution in [0.25, 0.3) is 10.9 Å². The summed E-state index contributed by atoms with van der Waals surface area (Å²) in [6, 6.07) is 7.16. The SMILES string of the molecule is CN(C)C1CCN(c2ccc3c(C(=O)N[C@@H]4CN5CCC4CC5)n[nH]c3c2)C1. The minimum absolute atomic E-state index is 0.0494. The van der Waals surface area contributed by atoms with Crippen LogP contribution in [0.1, 0.15) is 29.8 Å². The summed E-state index contributed by atoms with van der Waals surface area (Å²) in [5.74, 6) is 0.567. The second-order valence-electron chi connectivity index (χ2n) is 8.87. The predicted molar refractivity (Wildman–Crippen MR) is 111 cm³/mol. The number of anilines is 1. The summed E-state index contributed by atoms with van der Waals surface area (Å²) in [6.07, 6.45) is 3.57. The van der Waals surface area contributed by atoms with Crippen LogP contribution in [0.15, 0.2) is 18.2 Å². The summed E-state index contributed by atoms with van der Waals surface area (Å²) in [7, 11) is 4.29. The number of rotatable bonds is 4. The molecule has 2 aromatic rings. The van der Waals surface area contributed by atoms with Crippen LogP contribution < -0.4 is 10.2 Å². The Morgan fingerprint density at radius 3 is 2.68 bits per heavy atom. The smallest absolute Gasteiger partial charge is 0.272 e. The molecule has 4 aliphatic rings. The van der Waals surface area contributed by atoms with Gasteiger partial charge in [-0.15, -0.1) is 0 Å². The minimum Gasteiger partial charge on any atom is -0.370 e. The van der Waals surface area contributed by atoms with Gasteiger partial charge < -0.3 is 20.0 Å². The molecule has 1 amide bonds. The van der Waals surface area contributed by atoms with E-state index >= 15 is 0 Å². The molecular weight excluding hydrogens is 352 g/mol. The first kappa shape index (κ1) is 17.9. The number of fused-ring (bicyclic) bond motifs is 4. The highest BCUT2D eigenvalue weighted by atomic mass is 16.2. The minimum atomic E-state index is -0.0494. The number of carbonyl (C=O) groups excluding carboxylic acids is 1. The van der Waals surface area contributed by atoms with Crippen molar-refractivity contribution < 1.29 is 4.79 Å². The maximum absolute atomic E-state index is 12.9. The average molecular weight is 383 g/mol. The second-order valence-corrected chi connectivity index (χ2v) is 8.87. The van der Waals surface area contributed by atoms with Gasteiger partial charge in [-0.1, -0.05) is 0 Å². The van der Waals surface area contributed by atoms with Crippen LogP contribution in [0.4, 0.5) is 5.69 Å². The average Bonchev–Trinajstić information content (AvgIpc) is 3.36. The molecule has 1 unspecified atom stereocenters. The Balaban J connectivity index is 1.32. The van der Waals surface area contributed by atoms with E-state index in [1.54, 1.807) is 0 Å². The summed E-state index contributed by atoms with van der Waals surface area (Å²) in [5.41, 5.74) is 2.65. The molecule has 150 valence electrons. The van der Waals surface area contributed by atoms with Crippen molar-refractivity contribution in [3.05, 3.63) is 23.9 Å². The van der Waals surface area contributed by atoms with Gasteiger partial charge in [0.1, 0.15) is 0 Å². The normalized spacial score (nSPS) is 29.8. The van der Waals surface area contributed by atoms with Crippen molar-refractivity contribution in [2.45, 2.75) is 31.3 Å². The number of hydrogen-bond donors (Lipinski definition) is 2. The molecule has 0 radical (unpaired) electrons. The van der Waals surface area contributed by atoms with E-state index in [4.69, 9.17) is 0 Å². The maximum atomic E-state index is 12.9. The molecule has 2 N–H and O–H groups in total. The van der Waals surface area contributed by atoms with Gasteiger partial charge in [-0.05, 0) is 70.6 Å². The standard InChI is InChI=1S/C21H30N6O/c1-25(2)16-7-10-27(12-16)15-3-4-17-18(11-15)23-24-20(17)21(28)22-19-13-26-8-5-14(19)6-9-26/h3-4,11,14,16,19H,5-10,12-13H2,1-2H3,(H,22,28)(H,23,24)/t16?,19-/m1/s1. The molecule has 4 aliphatic heterocycles. The van der Waals surface area contributed by atoms with Gasteiger partial charge in [-0.3, -0.25) is 9.89 Å². The van der Waals surface area contributed by atoms with Gasteiger partial charge in [0.05, 0.1) is 5.52 Å². The Labute approximate surface area is 166 Å². The van der Waals surface area contributed by atoms with Crippen LogP contribution >= 0.6 is 0 Å². The van der Waals surface area contributed by atoms with E-state index in [1.807, 2.05) is 6.07 Å². The monoisotopic (exact) mass is 382 g/mol. The number of benzene rings is 1. The summed E-state index contributed by atoms with van der Waals surface area (Å²) in [5, 5.41) is 11.6. The number of nitrogens with one attached hydrogen (secondary N) is 2. The topological polar surface area (TPSA) is 67.5 Å². The van der Waals surface area contributed by atoms with E-state index < -0.39 is 0 Å². The van der Waals surface area contributed by atoms with Crippen LogP contribution in [0.3, 0.4) is 0 Å². The molecule has 4 fully saturated rings. The molecule has 0 saturated carbocycles. The van der Waals surface area contributed by atoms with Gasteiger partial charge in [0, 0.05) is 42.8 Å². The molecule has 2 atom stereocenters. The molecule has 1 aromatic heterocycles. The zero-order valence-corrected chi connectivity index (χ0v) is 16.8. The Hall–Kier alpha value is -2.12. The third-order valence-corrected chi connectivity index (χ3v) is 6.99. The fourth-order valence-electron chi connectivity index (χ4n) is 5.14. The Bertz CT molecular complexity index is 869. The molecule has 0 spiro atoms. The maximum Gasteiger partial charge on any atom is 0.272 e. The van der Waals surface area contributed by atoms with Crippen molar-refractivity contribution in [3.63, 3.8) is 0 Å². The van der Waals surface area contributed by atoms with Gasteiger partial charge >= 0.3 is 0 Å². The highest BCUT2D eigenvalue weighted by Crippen LogP contribution is 2.29. The van der Waals surface area contributed by atoms with Gasteiger partial charge in [0.2, 0.25) is 0 Å². The summed E-state index contributed by atoms with van der Waals surface area (Å²) >= 11 is 0. The number of carbonyl (C=O) groups is 1. The van der Waals surface area contributed by atoms with Gasteiger partial charge in [-0.2, -0.15) is 5.10 Å². The summed E-state index contributed by atoms with van der Waals surface area (Å²) < 4.78 is 0. The lowest BCUT2D eigenvalue weighted by Gasteiger charge is -2.44. The third kappa shape index (κ3) is 3.16. The van der Waals surface area contributed by atoms with E-state index in [2.05, 4.69) is 56.4 Å². The van der Waals surface area contributed by atoms with E-state index in [0.717, 1.165) is 30.5 Å². The van der Waals surface area contributed by atoms with Crippen molar-refractivity contribution >= 4 is 22.5 Å². The van der Waals surface area contributed by atoms with Crippen molar-refractivity contribution in [1.29, 1.82) is 0 Å². The number of nitrogens with zero attached hydrogens (tertiary/aromatic N) is 4. The first-order valence-electron chi connectivity index (χ1n) is 10.5. The van der Waals surface area contributed by atoms with Crippen molar-refractivity contribution in [2.24, 2.45) is 5.92 Å². The van der Waals surface area contributed by atoms with Crippen LogP contribution in [-0.4, -0.2) is 84.8 Å². The molecule has 7 heteroatoms. The van der Waals surface area contributed by atoms with Gasteiger partial charge in [-0.25, -0.2) is 0 Å². The third-order valence-electron chi connectivity index (χ3n) is 6.99. The van der Waals surface area contributed by atoms with Crippen LogP contribution in [0.2, 0.25) is 0 Å². The first-order chi connectivity index (χ1) is 13.6. The zero-order valence-electron chi connectivity index (χ0n) is 16.8. The fourth-order valence-corrected chi connectivity index (χ4v) is 5.14. The second kappa shape index (κ2) is 7.04. The van der Waals surface area contributed by atoms with Crippen molar-refractivity contribution in [2.75, 3.05) is 51.7 Å². The van der Waals surface area contributed by atoms with Gasteiger partial charge in [0.25, 0.3) is 5.91 Å².